The van der Waals surface area contributed by atoms with Gasteiger partial charge in [0.1, 0.15) is 0 Å². The summed E-state index contributed by atoms with van der Waals surface area (Å²) in [6, 6.07) is -0.245. The van der Waals surface area contributed by atoms with Crippen LogP contribution >= 0.6 is 11.8 Å². The Hall–Kier alpha value is -0.550. The summed E-state index contributed by atoms with van der Waals surface area (Å²) in [6.07, 6.45) is 3.59. The molecule has 104 valence electrons. The first kappa shape index (κ1) is 15.5. The Morgan fingerprint density at radius 1 is 1.39 bits per heavy atom. The minimum absolute atomic E-state index is 0.0232. The lowest BCUT2D eigenvalue weighted by Gasteiger charge is -2.30. The SMILES string of the molecule is CCC1(CC)CC(=O)N(C(C)C(CO)SC)C1=O. The highest BCUT2D eigenvalue weighted by molar-refractivity contribution is 7.99. The molecule has 0 spiro atoms. The summed E-state index contributed by atoms with van der Waals surface area (Å²) in [4.78, 5) is 26.0. The molecular weight excluding hydrogens is 250 g/mol. The van der Waals surface area contributed by atoms with Crippen LogP contribution in [-0.2, 0) is 9.59 Å². The molecule has 0 radical (unpaired) electrons. The summed E-state index contributed by atoms with van der Waals surface area (Å²) >= 11 is 1.49. The molecule has 0 aromatic heterocycles. The van der Waals surface area contributed by atoms with Crippen molar-refractivity contribution in [1.82, 2.24) is 4.90 Å². The van der Waals surface area contributed by atoms with Crippen LogP contribution in [0, 0.1) is 5.41 Å². The second-order valence-electron chi connectivity index (χ2n) is 4.93. The summed E-state index contributed by atoms with van der Waals surface area (Å²) in [7, 11) is 0. The topological polar surface area (TPSA) is 57.6 Å². The van der Waals surface area contributed by atoms with Crippen LogP contribution in [0.25, 0.3) is 0 Å². The van der Waals surface area contributed by atoms with Gasteiger partial charge in [-0.15, -0.1) is 0 Å². The molecule has 1 aliphatic rings. The van der Waals surface area contributed by atoms with Crippen molar-refractivity contribution in [3.05, 3.63) is 0 Å². The first-order valence-electron chi connectivity index (χ1n) is 6.47. The fourth-order valence-electron chi connectivity index (χ4n) is 2.62. The normalized spacial score (nSPS) is 22.4. The van der Waals surface area contributed by atoms with Crippen LogP contribution in [0.4, 0.5) is 0 Å². The van der Waals surface area contributed by atoms with E-state index in [0.717, 1.165) is 0 Å². The average Bonchev–Trinajstić information content (AvgIpc) is 2.62. The fourth-order valence-corrected chi connectivity index (χ4v) is 3.29. The minimum Gasteiger partial charge on any atom is -0.395 e. The summed E-state index contributed by atoms with van der Waals surface area (Å²) in [6.45, 7) is 5.74. The smallest absolute Gasteiger partial charge is 0.236 e. The molecule has 2 amide bonds. The molecule has 0 aromatic rings. The third-order valence-electron chi connectivity index (χ3n) is 4.21. The number of rotatable bonds is 6. The van der Waals surface area contributed by atoms with E-state index in [1.807, 2.05) is 27.0 Å². The number of hydrogen-bond donors (Lipinski definition) is 1. The van der Waals surface area contributed by atoms with Gasteiger partial charge in [-0.2, -0.15) is 11.8 Å². The molecule has 0 bridgehead atoms. The van der Waals surface area contributed by atoms with Gasteiger partial charge in [-0.1, -0.05) is 13.8 Å². The lowest BCUT2D eigenvalue weighted by molar-refractivity contribution is -0.144. The van der Waals surface area contributed by atoms with E-state index in [2.05, 4.69) is 0 Å². The number of imide groups is 1. The first-order chi connectivity index (χ1) is 8.47. The van der Waals surface area contributed by atoms with Gasteiger partial charge in [0.05, 0.1) is 18.1 Å². The first-order valence-corrected chi connectivity index (χ1v) is 7.76. The van der Waals surface area contributed by atoms with Crippen LogP contribution in [0.3, 0.4) is 0 Å². The number of carbonyl (C=O) groups is 2. The Bertz CT molecular complexity index is 324. The van der Waals surface area contributed by atoms with Crippen molar-refractivity contribution in [2.75, 3.05) is 12.9 Å². The standard InChI is InChI=1S/C13H23NO3S/c1-5-13(6-2)7-11(16)14(12(13)17)9(3)10(8-15)18-4/h9-10,15H,5-8H2,1-4H3. The number of carbonyl (C=O) groups excluding carboxylic acids is 2. The van der Waals surface area contributed by atoms with Gasteiger partial charge < -0.3 is 5.11 Å². The molecule has 0 saturated carbocycles. The molecule has 2 unspecified atom stereocenters. The third kappa shape index (κ3) is 2.43. The molecule has 1 rings (SSSR count). The van der Waals surface area contributed by atoms with E-state index in [1.165, 1.54) is 16.7 Å². The number of thioether (sulfide) groups is 1. The van der Waals surface area contributed by atoms with E-state index >= 15 is 0 Å². The van der Waals surface area contributed by atoms with Gasteiger partial charge in [0.2, 0.25) is 11.8 Å². The van der Waals surface area contributed by atoms with E-state index in [-0.39, 0.29) is 29.7 Å². The number of likely N-dealkylation sites (tertiary alicyclic amines) is 1. The van der Waals surface area contributed by atoms with E-state index in [9.17, 15) is 14.7 Å². The molecule has 0 aromatic carbocycles. The van der Waals surface area contributed by atoms with E-state index in [0.29, 0.717) is 19.3 Å². The number of hydrogen-bond acceptors (Lipinski definition) is 4. The van der Waals surface area contributed by atoms with Gasteiger partial charge >= 0.3 is 0 Å². The lowest BCUT2D eigenvalue weighted by Crippen LogP contribution is -2.46. The summed E-state index contributed by atoms with van der Waals surface area (Å²) in [5, 5.41) is 9.19. The second kappa shape index (κ2) is 6.06. The van der Waals surface area contributed by atoms with Crippen LogP contribution in [-0.4, -0.2) is 46.0 Å². The number of amides is 2. The van der Waals surface area contributed by atoms with Crippen molar-refractivity contribution in [3.8, 4) is 0 Å². The van der Waals surface area contributed by atoms with E-state index in [4.69, 9.17) is 0 Å². The zero-order valence-electron chi connectivity index (χ0n) is 11.6. The van der Waals surface area contributed by atoms with Gasteiger partial charge in [0, 0.05) is 11.7 Å². The van der Waals surface area contributed by atoms with Gasteiger partial charge in [0.15, 0.2) is 0 Å². The van der Waals surface area contributed by atoms with Crippen molar-refractivity contribution < 1.29 is 14.7 Å². The fraction of sp³-hybridized carbons (Fsp3) is 0.846. The van der Waals surface area contributed by atoms with Crippen molar-refractivity contribution in [2.24, 2.45) is 5.41 Å². The Balaban J connectivity index is 2.97. The van der Waals surface area contributed by atoms with Gasteiger partial charge in [-0.05, 0) is 26.0 Å². The number of aliphatic hydroxyl groups excluding tert-OH is 1. The Kier molecular flexibility index (Phi) is 5.22. The summed E-state index contributed by atoms with van der Waals surface area (Å²) < 4.78 is 0. The Morgan fingerprint density at radius 3 is 2.28 bits per heavy atom. The molecule has 18 heavy (non-hydrogen) atoms. The van der Waals surface area contributed by atoms with Gasteiger partial charge in [-0.3, -0.25) is 14.5 Å². The Labute approximate surface area is 113 Å². The summed E-state index contributed by atoms with van der Waals surface area (Å²) in [5.41, 5.74) is -0.510. The highest BCUT2D eigenvalue weighted by Gasteiger charge is 2.51. The molecule has 1 heterocycles. The largest absolute Gasteiger partial charge is 0.395 e. The maximum Gasteiger partial charge on any atom is 0.236 e. The van der Waals surface area contributed by atoms with Crippen molar-refractivity contribution in [1.29, 1.82) is 0 Å². The van der Waals surface area contributed by atoms with Crippen LogP contribution in [0.1, 0.15) is 40.0 Å². The number of aliphatic hydroxyl groups is 1. The number of nitrogens with zero attached hydrogens (tertiary/aromatic N) is 1. The molecule has 1 fully saturated rings. The van der Waals surface area contributed by atoms with Crippen molar-refractivity contribution in [3.63, 3.8) is 0 Å². The molecular formula is C13H23NO3S. The third-order valence-corrected chi connectivity index (χ3v) is 5.36. The van der Waals surface area contributed by atoms with E-state index in [1.54, 1.807) is 0 Å². The van der Waals surface area contributed by atoms with Gasteiger partial charge in [0.25, 0.3) is 0 Å². The highest BCUT2D eigenvalue weighted by atomic mass is 32.2. The van der Waals surface area contributed by atoms with Crippen LogP contribution in [0.15, 0.2) is 0 Å². The average molecular weight is 273 g/mol. The zero-order valence-corrected chi connectivity index (χ0v) is 12.4. The quantitative estimate of drug-likeness (QED) is 0.748. The lowest BCUT2D eigenvalue weighted by atomic mass is 9.81. The molecule has 2 atom stereocenters. The van der Waals surface area contributed by atoms with Crippen molar-refractivity contribution >= 4 is 23.6 Å². The Morgan fingerprint density at radius 2 is 1.94 bits per heavy atom. The second-order valence-corrected chi connectivity index (χ2v) is 6.01. The predicted octanol–water partition coefficient (Wildman–Crippen LogP) is 1.66. The van der Waals surface area contributed by atoms with E-state index < -0.39 is 5.41 Å². The highest BCUT2D eigenvalue weighted by Crippen LogP contribution is 2.40. The predicted molar refractivity (Wildman–Crippen MR) is 73.3 cm³/mol. The van der Waals surface area contributed by atoms with Crippen LogP contribution in [0.5, 0.6) is 0 Å². The van der Waals surface area contributed by atoms with Gasteiger partial charge in [-0.25, -0.2) is 0 Å². The maximum atomic E-state index is 12.5. The van der Waals surface area contributed by atoms with Crippen LogP contribution < -0.4 is 0 Å². The molecule has 0 aliphatic carbocycles. The van der Waals surface area contributed by atoms with Crippen molar-refractivity contribution in [2.45, 2.75) is 51.3 Å². The molecule has 1 saturated heterocycles. The van der Waals surface area contributed by atoms with Crippen LogP contribution in [0.2, 0.25) is 0 Å². The molecule has 1 aliphatic heterocycles. The monoisotopic (exact) mass is 273 g/mol. The molecule has 4 nitrogen and oxygen atoms in total. The zero-order chi connectivity index (χ0) is 13.9. The minimum atomic E-state index is -0.510. The maximum absolute atomic E-state index is 12.5. The summed E-state index contributed by atoms with van der Waals surface area (Å²) in [5.74, 6) is -0.152. The molecule has 5 heteroatoms. The molecule has 1 N–H and O–H groups in total.